The molecule has 0 bridgehead atoms. The van der Waals surface area contributed by atoms with E-state index in [-0.39, 0.29) is 16.4 Å². The van der Waals surface area contributed by atoms with E-state index in [0.29, 0.717) is 0 Å². The van der Waals surface area contributed by atoms with E-state index in [1.165, 1.54) is 6.07 Å². The number of carbonyl (C=O) groups excluding carboxylic acids is 1. The van der Waals surface area contributed by atoms with Gasteiger partial charge in [0, 0.05) is 0 Å². The van der Waals surface area contributed by atoms with Crippen LogP contribution in [-0.2, 0) is 11.0 Å². The monoisotopic (exact) mass is 296 g/mol. The first kappa shape index (κ1) is 14.7. The fourth-order valence-electron chi connectivity index (χ4n) is 1.23. The van der Waals surface area contributed by atoms with Gasteiger partial charge in [-0.1, -0.05) is 29.9 Å². The molecule has 1 aromatic carbocycles. The van der Waals surface area contributed by atoms with Gasteiger partial charge in [0.25, 0.3) is 0 Å². The lowest BCUT2D eigenvalue weighted by molar-refractivity contribution is -0.137. The zero-order valence-corrected chi connectivity index (χ0v) is 10.4. The Morgan fingerprint density at radius 2 is 2.06 bits per heavy atom. The van der Waals surface area contributed by atoms with Gasteiger partial charge in [-0.2, -0.15) is 13.2 Å². The molecule has 0 fully saturated rings. The number of anilines is 1. The summed E-state index contributed by atoms with van der Waals surface area (Å²) in [5, 5.41) is 1.85. The van der Waals surface area contributed by atoms with Crippen LogP contribution in [-0.4, -0.2) is 10.9 Å². The summed E-state index contributed by atoms with van der Waals surface area (Å²) in [4.78, 5) is 11.2. The highest BCUT2D eigenvalue weighted by Crippen LogP contribution is 2.38. The summed E-state index contributed by atoms with van der Waals surface area (Å²) >= 11 is 10.1. The third-order valence-electron chi connectivity index (χ3n) is 1.92. The van der Waals surface area contributed by atoms with E-state index in [0.717, 1.165) is 12.1 Å². The summed E-state index contributed by atoms with van der Waals surface area (Å²) in [5.74, 6) is -0.749. The Labute approximate surface area is 111 Å². The van der Waals surface area contributed by atoms with Crippen LogP contribution in [0.25, 0.3) is 0 Å². The normalized spacial score (nSPS) is 11.1. The molecule has 3 N–H and O–H groups in total. The van der Waals surface area contributed by atoms with E-state index in [2.05, 4.69) is 17.5 Å². The molecule has 0 aliphatic heterocycles. The third kappa shape index (κ3) is 3.85. The predicted octanol–water partition coefficient (Wildman–Crippen LogP) is 2.97. The van der Waals surface area contributed by atoms with E-state index >= 15 is 0 Å². The van der Waals surface area contributed by atoms with Gasteiger partial charge in [0.15, 0.2) is 0 Å². The number of halogens is 4. The number of thiocarbonyl (C=S) groups is 1. The van der Waals surface area contributed by atoms with Crippen molar-refractivity contribution < 1.29 is 18.0 Å². The first-order valence-corrected chi connectivity index (χ1v) is 5.44. The number of hydrogen-bond donors (Lipinski definition) is 2. The highest BCUT2D eigenvalue weighted by atomic mass is 35.5. The van der Waals surface area contributed by atoms with Crippen LogP contribution in [0.3, 0.4) is 0 Å². The largest absolute Gasteiger partial charge is 0.418 e. The number of hydrogen-bond acceptors (Lipinski definition) is 2. The topological polar surface area (TPSA) is 55.1 Å². The van der Waals surface area contributed by atoms with Crippen LogP contribution < -0.4 is 11.1 Å². The predicted molar refractivity (Wildman–Crippen MR) is 66.5 cm³/mol. The summed E-state index contributed by atoms with van der Waals surface area (Å²) < 4.78 is 38.0. The average Bonchev–Trinajstić information content (AvgIpc) is 2.18. The van der Waals surface area contributed by atoms with Crippen LogP contribution in [0.15, 0.2) is 18.2 Å². The molecule has 0 saturated heterocycles. The van der Waals surface area contributed by atoms with Gasteiger partial charge in [-0.25, -0.2) is 0 Å². The second-order valence-corrected chi connectivity index (χ2v) is 4.28. The Bertz CT molecular complexity index is 491. The van der Waals surface area contributed by atoms with Crippen molar-refractivity contribution in [3.05, 3.63) is 28.8 Å². The van der Waals surface area contributed by atoms with Gasteiger partial charge in [0.05, 0.1) is 27.7 Å². The molecule has 0 spiro atoms. The highest BCUT2D eigenvalue weighted by Gasteiger charge is 2.34. The van der Waals surface area contributed by atoms with Gasteiger partial charge in [0.1, 0.15) is 0 Å². The molecule has 0 saturated carbocycles. The molecule has 0 radical (unpaired) electrons. The maximum absolute atomic E-state index is 12.7. The Kier molecular flexibility index (Phi) is 4.53. The number of carbonyl (C=O) groups is 1. The standard InChI is InChI=1S/C10H8ClF3N2OS/c11-6-3-1-2-5(10(12,13)14)9(6)16-8(17)4-7(15)18/h1-3H,4H2,(H2,15,18)(H,16,17). The molecule has 98 valence electrons. The van der Waals surface area contributed by atoms with Gasteiger partial charge in [-0.15, -0.1) is 0 Å². The van der Waals surface area contributed by atoms with Crippen molar-refractivity contribution in [2.24, 2.45) is 5.73 Å². The second-order valence-electron chi connectivity index (χ2n) is 3.35. The average molecular weight is 297 g/mol. The van der Waals surface area contributed by atoms with E-state index in [9.17, 15) is 18.0 Å². The fourth-order valence-corrected chi connectivity index (χ4v) is 1.58. The Balaban J connectivity index is 3.08. The van der Waals surface area contributed by atoms with Crippen LogP contribution in [0, 0.1) is 0 Å². The molecule has 0 aliphatic rings. The van der Waals surface area contributed by atoms with Crippen molar-refractivity contribution in [3.8, 4) is 0 Å². The SMILES string of the molecule is NC(=S)CC(=O)Nc1c(Cl)cccc1C(F)(F)F. The van der Waals surface area contributed by atoms with E-state index in [1.54, 1.807) is 0 Å². The summed E-state index contributed by atoms with van der Waals surface area (Å²) in [6.07, 6.45) is -4.96. The molecule has 0 heterocycles. The number of para-hydroxylation sites is 1. The zero-order chi connectivity index (χ0) is 13.9. The van der Waals surface area contributed by atoms with Crippen molar-refractivity contribution in [3.63, 3.8) is 0 Å². The molecule has 1 amide bonds. The minimum absolute atomic E-state index is 0.117. The molecule has 0 aliphatic carbocycles. The van der Waals surface area contributed by atoms with E-state index < -0.39 is 23.3 Å². The quantitative estimate of drug-likeness (QED) is 0.843. The molecule has 1 rings (SSSR count). The summed E-state index contributed by atoms with van der Waals surface area (Å²) in [6, 6.07) is 3.21. The van der Waals surface area contributed by atoms with Gasteiger partial charge >= 0.3 is 6.18 Å². The summed E-state index contributed by atoms with van der Waals surface area (Å²) in [7, 11) is 0. The molecule has 3 nitrogen and oxygen atoms in total. The minimum atomic E-state index is -4.61. The lowest BCUT2D eigenvalue weighted by atomic mass is 10.1. The summed E-state index contributed by atoms with van der Waals surface area (Å²) in [5.41, 5.74) is 3.61. The zero-order valence-electron chi connectivity index (χ0n) is 8.84. The van der Waals surface area contributed by atoms with Crippen LogP contribution in [0.1, 0.15) is 12.0 Å². The van der Waals surface area contributed by atoms with Crippen molar-refractivity contribution >= 4 is 40.4 Å². The maximum atomic E-state index is 12.7. The molecule has 0 aromatic heterocycles. The molecular weight excluding hydrogens is 289 g/mol. The number of rotatable bonds is 3. The van der Waals surface area contributed by atoms with E-state index in [1.807, 2.05) is 0 Å². The number of alkyl halides is 3. The van der Waals surface area contributed by atoms with Gasteiger partial charge in [0.2, 0.25) is 5.91 Å². The summed E-state index contributed by atoms with van der Waals surface area (Å²) in [6.45, 7) is 0. The molecule has 1 aromatic rings. The van der Waals surface area contributed by atoms with Crippen molar-refractivity contribution in [1.82, 2.24) is 0 Å². The molecule has 18 heavy (non-hydrogen) atoms. The molecule has 8 heteroatoms. The van der Waals surface area contributed by atoms with Crippen LogP contribution >= 0.6 is 23.8 Å². The Hall–Kier alpha value is -1.34. The maximum Gasteiger partial charge on any atom is 0.418 e. The van der Waals surface area contributed by atoms with E-state index in [4.69, 9.17) is 17.3 Å². The minimum Gasteiger partial charge on any atom is -0.393 e. The van der Waals surface area contributed by atoms with Crippen LogP contribution in [0.4, 0.5) is 18.9 Å². The van der Waals surface area contributed by atoms with Crippen molar-refractivity contribution in [2.45, 2.75) is 12.6 Å². The number of amides is 1. The van der Waals surface area contributed by atoms with Crippen molar-refractivity contribution in [1.29, 1.82) is 0 Å². The third-order valence-corrected chi connectivity index (χ3v) is 2.38. The molecular formula is C10H8ClF3N2OS. The van der Waals surface area contributed by atoms with Crippen LogP contribution in [0.5, 0.6) is 0 Å². The number of nitrogens with one attached hydrogen (secondary N) is 1. The van der Waals surface area contributed by atoms with Crippen molar-refractivity contribution in [2.75, 3.05) is 5.32 Å². The number of nitrogens with two attached hydrogens (primary N) is 1. The Morgan fingerprint density at radius 3 is 2.56 bits per heavy atom. The second kappa shape index (κ2) is 5.53. The lowest BCUT2D eigenvalue weighted by Crippen LogP contribution is -2.22. The van der Waals surface area contributed by atoms with Crippen LogP contribution in [0.2, 0.25) is 5.02 Å². The Morgan fingerprint density at radius 1 is 1.44 bits per heavy atom. The fraction of sp³-hybridized carbons (Fsp3) is 0.200. The van der Waals surface area contributed by atoms with Gasteiger partial charge in [-0.3, -0.25) is 4.79 Å². The molecule has 0 unspecified atom stereocenters. The lowest BCUT2D eigenvalue weighted by Gasteiger charge is -2.14. The highest BCUT2D eigenvalue weighted by molar-refractivity contribution is 7.80. The van der Waals surface area contributed by atoms with Gasteiger partial charge < -0.3 is 11.1 Å². The first-order valence-electron chi connectivity index (χ1n) is 4.65. The number of benzene rings is 1. The smallest absolute Gasteiger partial charge is 0.393 e. The first-order chi connectivity index (χ1) is 8.21. The molecule has 0 atom stereocenters. The van der Waals surface area contributed by atoms with Gasteiger partial charge in [-0.05, 0) is 12.1 Å².